The minimum Gasteiger partial charge on any atom is -0.481 e. The first-order chi connectivity index (χ1) is 8.97. The average molecular weight is 304 g/mol. The number of amides is 1. The Morgan fingerprint density at radius 3 is 2.58 bits per heavy atom. The number of anilines is 1. The van der Waals surface area contributed by atoms with Crippen LogP contribution >= 0.6 is 23.2 Å². The van der Waals surface area contributed by atoms with Crippen molar-refractivity contribution in [1.82, 2.24) is 9.97 Å². The maximum absolute atomic E-state index is 12.0. The molecule has 0 saturated heterocycles. The molecule has 8 heteroatoms. The molecule has 0 aliphatic heterocycles. The molecular formula is C11H11Cl2N3O3. The molecule has 0 unspecified atom stereocenters. The first kappa shape index (κ1) is 14.0. The molecule has 1 amide bonds. The van der Waals surface area contributed by atoms with Gasteiger partial charge in [0.2, 0.25) is 11.2 Å². The molecule has 1 aromatic heterocycles. The molecule has 1 heterocycles. The summed E-state index contributed by atoms with van der Waals surface area (Å²) in [6.45, 7) is 0. The van der Waals surface area contributed by atoms with Crippen LogP contribution in [-0.4, -0.2) is 27.0 Å². The summed E-state index contributed by atoms with van der Waals surface area (Å²) in [4.78, 5) is 30.5. The highest BCUT2D eigenvalue weighted by Crippen LogP contribution is 2.32. The molecule has 0 spiro atoms. The van der Waals surface area contributed by atoms with Crippen LogP contribution in [0.2, 0.25) is 10.4 Å². The molecule has 2 atom stereocenters. The number of carboxylic acid groups (broad SMARTS) is 1. The fourth-order valence-corrected chi connectivity index (χ4v) is 2.65. The summed E-state index contributed by atoms with van der Waals surface area (Å²) in [5.41, 5.74) is 0. The molecule has 0 radical (unpaired) electrons. The Kier molecular flexibility index (Phi) is 4.21. The molecule has 1 aromatic rings. The van der Waals surface area contributed by atoms with E-state index in [1.54, 1.807) is 0 Å². The molecule has 6 nitrogen and oxygen atoms in total. The second-order valence-electron chi connectivity index (χ2n) is 4.32. The molecule has 1 aliphatic carbocycles. The standard InChI is InChI=1S/C11H11Cl2N3O3/c12-7-4-8(16-11(13)14-7)15-9(17)5-2-1-3-6(5)10(18)19/h4-6H,1-3H2,(H,18,19)(H,14,15,16,17)/t5-,6+/m1/s1. The van der Waals surface area contributed by atoms with Gasteiger partial charge in [0.25, 0.3) is 0 Å². The largest absolute Gasteiger partial charge is 0.481 e. The van der Waals surface area contributed by atoms with Crippen molar-refractivity contribution in [2.75, 3.05) is 5.32 Å². The number of nitrogens with one attached hydrogen (secondary N) is 1. The number of carbonyl (C=O) groups excluding carboxylic acids is 1. The first-order valence-electron chi connectivity index (χ1n) is 5.71. The number of aromatic nitrogens is 2. The molecule has 0 bridgehead atoms. The van der Waals surface area contributed by atoms with E-state index in [0.29, 0.717) is 12.8 Å². The number of carbonyl (C=O) groups is 2. The van der Waals surface area contributed by atoms with Gasteiger partial charge in [-0.15, -0.1) is 0 Å². The number of carboxylic acids is 1. The van der Waals surface area contributed by atoms with E-state index in [-0.39, 0.29) is 22.2 Å². The summed E-state index contributed by atoms with van der Waals surface area (Å²) >= 11 is 11.3. The van der Waals surface area contributed by atoms with E-state index >= 15 is 0 Å². The molecule has 102 valence electrons. The quantitative estimate of drug-likeness (QED) is 0.660. The highest BCUT2D eigenvalue weighted by atomic mass is 35.5. The molecule has 2 rings (SSSR count). The Bertz CT molecular complexity index is 504. The zero-order valence-electron chi connectivity index (χ0n) is 9.77. The lowest BCUT2D eigenvalue weighted by Gasteiger charge is -2.15. The Morgan fingerprint density at radius 1 is 1.26 bits per heavy atom. The first-order valence-corrected chi connectivity index (χ1v) is 6.46. The van der Waals surface area contributed by atoms with Gasteiger partial charge >= 0.3 is 5.97 Å². The highest BCUT2D eigenvalue weighted by molar-refractivity contribution is 6.32. The monoisotopic (exact) mass is 303 g/mol. The van der Waals surface area contributed by atoms with E-state index < -0.39 is 17.8 Å². The molecule has 1 fully saturated rings. The van der Waals surface area contributed by atoms with Crippen molar-refractivity contribution in [3.8, 4) is 0 Å². The minimum atomic E-state index is -0.948. The summed E-state index contributed by atoms with van der Waals surface area (Å²) in [5, 5.41) is 11.6. The van der Waals surface area contributed by atoms with Crippen LogP contribution in [-0.2, 0) is 9.59 Å². The summed E-state index contributed by atoms with van der Waals surface area (Å²) in [6.07, 6.45) is 1.79. The Labute approximate surface area is 119 Å². The van der Waals surface area contributed by atoms with Crippen molar-refractivity contribution in [1.29, 1.82) is 0 Å². The number of rotatable bonds is 3. The van der Waals surface area contributed by atoms with Gasteiger partial charge in [0, 0.05) is 6.07 Å². The van der Waals surface area contributed by atoms with E-state index in [4.69, 9.17) is 28.3 Å². The van der Waals surface area contributed by atoms with Crippen LogP contribution in [0.4, 0.5) is 5.82 Å². The smallest absolute Gasteiger partial charge is 0.307 e. The summed E-state index contributed by atoms with van der Waals surface area (Å²) < 4.78 is 0. The van der Waals surface area contributed by atoms with Gasteiger partial charge in [-0.05, 0) is 24.4 Å². The van der Waals surface area contributed by atoms with Crippen molar-refractivity contribution >= 4 is 40.9 Å². The number of nitrogens with zero attached hydrogens (tertiary/aromatic N) is 2. The van der Waals surface area contributed by atoms with Crippen LogP contribution in [0.1, 0.15) is 19.3 Å². The van der Waals surface area contributed by atoms with Crippen molar-refractivity contribution < 1.29 is 14.7 Å². The molecule has 19 heavy (non-hydrogen) atoms. The second kappa shape index (κ2) is 5.71. The topological polar surface area (TPSA) is 92.2 Å². The van der Waals surface area contributed by atoms with Crippen LogP contribution in [0.3, 0.4) is 0 Å². The van der Waals surface area contributed by atoms with E-state index in [0.717, 1.165) is 6.42 Å². The summed E-state index contributed by atoms with van der Waals surface area (Å²) in [5.74, 6) is -2.35. The fourth-order valence-electron chi connectivity index (χ4n) is 2.24. The lowest BCUT2D eigenvalue weighted by molar-refractivity contribution is -0.145. The normalized spacial score (nSPS) is 22.2. The van der Waals surface area contributed by atoms with Crippen LogP contribution in [0.5, 0.6) is 0 Å². The summed E-state index contributed by atoms with van der Waals surface area (Å²) in [6, 6.07) is 1.36. The lowest BCUT2D eigenvalue weighted by Crippen LogP contribution is -2.30. The van der Waals surface area contributed by atoms with Crippen molar-refractivity contribution in [2.24, 2.45) is 11.8 Å². The van der Waals surface area contributed by atoms with E-state index in [1.807, 2.05) is 0 Å². The predicted octanol–water partition coefficient (Wildman–Crippen LogP) is 2.22. The van der Waals surface area contributed by atoms with Gasteiger partial charge < -0.3 is 10.4 Å². The number of hydrogen-bond donors (Lipinski definition) is 2. The predicted molar refractivity (Wildman–Crippen MR) is 69.1 cm³/mol. The summed E-state index contributed by atoms with van der Waals surface area (Å²) in [7, 11) is 0. The zero-order chi connectivity index (χ0) is 14.0. The third-order valence-corrected chi connectivity index (χ3v) is 3.45. The van der Waals surface area contributed by atoms with Crippen LogP contribution < -0.4 is 5.32 Å². The average Bonchev–Trinajstić information content (AvgIpc) is 2.75. The van der Waals surface area contributed by atoms with Gasteiger partial charge in [0.15, 0.2) is 0 Å². The van der Waals surface area contributed by atoms with Crippen LogP contribution in [0.25, 0.3) is 0 Å². The van der Waals surface area contributed by atoms with Gasteiger partial charge in [-0.3, -0.25) is 9.59 Å². The van der Waals surface area contributed by atoms with Crippen molar-refractivity contribution in [3.05, 3.63) is 16.5 Å². The van der Waals surface area contributed by atoms with Gasteiger partial charge in [-0.2, -0.15) is 0 Å². The van der Waals surface area contributed by atoms with Crippen molar-refractivity contribution in [2.45, 2.75) is 19.3 Å². The molecule has 2 N–H and O–H groups in total. The highest BCUT2D eigenvalue weighted by Gasteiger charge is 2.37. The SMILES string of the molecule is O=C(O)[C@H]1CCC[C@H]1C(=O)Nc1cc(Cl)nc(Cl)n1. The zero-order valence-corrected chi connectivity index (χ0v) is 11.3. The van der Waals surface area contributed by atoms with Gasteiger partial charge in [-0.1, -0.05) is 18.0 Å². The van der Waals surface area contributed by atoms with E-state index in [2.05, 4.69) is 15.3 Å². The van der Waals surface area contributed by atoms with E-state index in [9.17, 15) is 9.59 Å². The number of aliphatic carboxylic acids is 1. The van der Waals surface area contributed by atoms with E-state index in [1.165, 1.54) is 6.07 Å². The lowest BCUT2D eigenvalue weighted by atomic mass is 9.95. The van der Waals surface area contributed by atoms with Gasteiger partial charge in [0.05, 0.1) is 11.8 Å². The fraction of sp³-hybridized carbons (Fsp3) is 0.455. The number of hydrogen-bond acceptors (Lipinski definition) is 4. The van der Waals surface area contributed by atoms with Crippen LogP contribution in [0, 0.1) is 11.8 Å². The minimum absolute atomic E-state index is 0.0796. The molecule has 0 aromatic carbocycles. The maximum Gasteiger partial charge on any atom is 0.307 e. The molecule has 1 saturated carbocycles. The Morgan fingerprint density at radius 2 is 1.95 bits per heavy atom. The molecular weight excluding hydrogens is 293 g/mol. The Balaban J connectivity index is 2.10. The number of halogens is 2. The van der Waals surface area contributed by atoms with Gasteiger partial charge in [-0.25, -0.2) is 9.97 Å². The second-order valence-corrected chi connectivity index (χ2v) is 5.04. The maximum atomic E-state index is 12.0. The third-order valence-electron chi connectivity index (χ3n) is 3.09. The Hall–Kier alpha value is -1.40. The molecule has 1 aliphatic rings. The third kappa shape index (κ3) is 3.33. The van der Waals surface area contributed by atoms with Crippen molar-refractivity contribution in [3.63, 3.8) is 0 Å². The van der Waals surface area contributed by atoms with Crippen LogP contribution in [0.15, 0.2) is 6.07 Å². The van der Waals surface area contributed by atoms with Gasteiger partial charge in [0.1, 0.15) is 11.0 Å².